The van der Waals surface area contributed by atoms with E-state index >= 15 is 0 Å². The Hall–Kier alpha value is -4.02. The molecule has 0 radical (unpaired) electrons. The van der Waals surface area contributed by atoms with Crippen LogP contribution >= 0.6 is 27.3 Å². The molecule has 0 spiro atoms. The van der Waals surface area contributed by atoms with Crippen LogP contribution in [0.3, 0.4) is 0 Å². The highest BCUT2D eigenvalue weighted by Crippen LogP contribution is 2.38. The molecule has 1 atom stereocenters. The lowest BCUT2D eigenvalue weighted by atomic mass is 9.93. The number of methoxy groups -OCH3 is 1. The van der Waals surface area contributed by atoms with Crippen molar-refractivity contribution in [3.63, 3.8) is 0 Å². The fraction of sp³-hybridized carbons (Fsp3) is 0.265. The third-order valence-electron chi connectivity index (χ3n) is 7.32. The number of allylic oxidation sites excluding steroid dienone is 1. The van der Waals surface area contributed by atoms with Gasteiger partial charge in [-0.25, -0.2) is 14.2 Å². The Kier molecular flexibility index (Phi) is 9.51. The molecule has 228 valence electrons. The fourth-order valence-corrected chi connectivity index (χ4v) is 6.67. The number of fused-ring (bicyclic) bond motifs is 1. The zero-order chi connectivity index (χ0) is 31.5. The van der Waals surface area contributed by atoms with E-state index in [0.29, 0.717) is 53.6 Å². The van der Waals surface area contributed by atoms with E-state index in [9.17, 15) is 14.0 Å². The zero-order valence-corrected chi connectivity index (χ0v) is 27.4. The van der Waals surface area contributed by atoms with E-state index < -0.39 is 12.0 Å². The normalized spacial score (nSPS) is 14.8. The molecule has 0 aliphatic carbocycles. The summed E-state index contributed by atoms with van der Waals surface area (Å²) in [6.07, 6.45) is 1.75. The minimum absolute atomic E-state index is 0.0138. The number of carbonyl (C=O) groups excluding carboxylic acids is 1. The Morgan fingerprint density at radius 2 is 1.89 bits per heavy atom. The standard InChI is InChI=1S/C34H32BrFN2O5S/c1-6-42-33(40)29-20(4)37-34-38(30(29)23-13-11-22(12-14-23)19(2)3)32(39)28(44-34)17-21-15-25(35)31(27(16-21)41-5)43-18-24-9-7-8-10-26(24)36/h7-17,19,30H,6,18H2,1-5H3/b28-17+/t30-/m1/s1. The van der Waals surface area contributed by atoms with Crippen molar-refractivity contribution in [2.45, 2.75) is 46.3 Å². The van der Waals surface area contributed by atoms with Gasteiger partial charge in [0.2, 0.25) is 0 Å². The third-order valence-corrected chi connectivity index (χ3v) is 8.89. The molecule has 4 aromatic rings. The summed E-state index contributed by atoms with van der Waals surface area (Å²) < 4.78 is 33.6. The van der Waals surface area contributed by atoms with Crippen LogP contribution in [0.25, 0.3) is 6.08 Å². The molecule has 1 aliphatic heterocycles. The number of hydrogen-bond donors (Lipinski definition) is 0. The molecule has 2 heterocycles. The molecule has 3 aromatic carbocycles. The first kappa shape index (κ1) is 31.4. The minimum atomic E-state index is -0.691. The fourth-order valence-electron chi connectivity index (χ4n) is 5.05. The number of aromatic nitrogens is 1. The molecule has 1 aliphatic rings. The summed E-state index contributed by atoms with van der Waals surface area (Å²) in [4.78, 5) is 32.3. The second kappa shape index (κ2) is 13.3. The van der Waals surface area contributed by atoms with Crippen LogP contribution in [-0.2, 0) is 16.1 Å². The van der Waals surface area contributed by atoms with Crippen LogP contribution in [0.15, 0.2) is 86.2 Å². The number of rotatable bonds is 9. The molecule has 0 fully saturated rings. The van der Waals surface area contributed by atoms with E-state index in [1.165, 1.54) is 24.5 Å². The lowest BCUT2D eigenvalue weighted by Crippen LogP contribution is -2.39. The topological polar surface area (TPSA) is 79.1 Å². The van der Waals surface area contributed by atoms with Crippen LogP contribution in [0, 0.1) is 5.82 Å². The molecule has 0 saturated heterocycles. The first-order valence-electron chi connectivity index (χ1n) is 14.2. The van der Waals surface area contributed by atoms with Crippen LogP contribution in [0.4, 0.5) is 4.39 Å². The largest absolute Gasteiger partial charge is 0.493 e. The van der Waals surface area contributed by atoms with Crippen molar-refractivity contribution in [3.8, 4) is 11.5 Å². The maximum atomic E-state index is 14.1. The van der Waals surface area contributed by atoms with E-state index in [-0.39, 0.29) is 24.6 Å². The first-order chi connectivity index (χ1) is 21.1. The number of carbonyl (C=O) groups is 1. The molecule has 10 heteroatoms. The second-order valence-electron chi connectivity index (χ2n) is 10.5. The lowest BCUT2D eigenvalue weighted by Gasteiger charge is -2.25. The number of ether oxygens (including phenoxy) is 3. The van der Waals surface area contributed by atoms with Crippen molar-refractivity contribution in [2.75, 3.05) is 13.7 Å². The summed E-state index contributed by atoms with van der Waals surface area (Å²) in [5.41, 5.74) is 3.60. The number of benzene rings is 3. The van der Waals surface area contributed by atoms with E-state index in [4.69, 9.17) is 14.2 Å². The number of esters is 1. The minimum Gasteiger partial charge on any atom is -0.493 e. The third kappa shape index (κ3) is 6.27. The van der Waals surface area contributed by atoms with Gasteiger partial charge >= 0.3 is 5.97 Å². The Balaban J connectivity index is 1.58. The van der Waals surface area contributed by atoms with E-state index in [1.54, 1.807) is 54.8 Å². The van der Waals surface area contributed by atoms with Crippen molar-refractivity contribution in [1.82, 2.24) is 4.57 Å². The Labute approximate surface area is 267 Å². The van der Waals surface area contributed by atoms with Crippen LogP contribution < -0.4 is 24.4 Å². The molecular weight excluding hydrogens is 647 g/mol. The van der Waals surface area contributed by atoms with Gasteiger partial charge in [0.1, 0.15) is 12.4 Å². The average molecular weight is 680 g/mol. The molecule has 0 N–H and O–H groups in total. The van der Waals surface area contributed by atoms with E-state index in [2.05, 4.69) is 34.8 Å². The second-order valence-corrected chi connectivity index (χ2v) is 12.4. The molecular formula is C34H32BrFN2O5S. The molecule has 0 amide bonds. The van der Waals surface area contributed by atoms with E-state index in [1.807, 2.05) is 24.3 Å². The Bertz CT molecular complexity index is 1930. The van der Waals surface area contributed by atoms with Crippen molar-refractivity contribution in [1.29, 1.82) is 0 Å². The van der Waals surface area contributed by atoms with Crippen molar-refractivity contribution in [3.05, 3.63) is 124 Å². The maximum Gasteiger partial charge on any atom is 0.338 e. The molecule has 44 heavy (non-hydrogen) atoms. The van der Waals surface area contributed by atoms with Gasteiger partial charge in [0, 0.05) is 5.56 Å². The Morgan fingerprint density at radius 1 is 1.16 bits per heavy atom. The van der Waals surface area contributed by atoms with Gasteiger partial charge in [-0.3, -0.25) is 9.36 Å². The summed E-state index contributed by atoms with van der Waals surface area (Å²) in [6.45, 7) is 7.96. The Morgan fingerprint density at radius 3 is 2.55 bits per heavy atom. The zero-order valence-electron chi connectivity index (χ0n) is 25.0. The van der Waals surface area contributed by atoms with Crippen molar-refractivity contribution >= 4 is 39.3 Å². The van der Waals surface area contributed by atoms with Gasteiger partial charge in [-0.15, -0.1) is 0 Å². The van der Waals surface area contributed by atoms with Crippen LogP contribution in [0.5, 0.6) is 11.5 Å². The highest BCUT2D eigenvalue weighted by molar-refractivity contribution is 9.10. The predicted octanol–water partition coefficient (Wildman–Crippen LogP) is 6.41. The van der Waals surface area contributed by atoms with Gasteiger partial charge in [-0.2, -0.15) is 0 Å². The molecule has 1 aromatic heterocycles. The van der Waals surface area contributed by atoms with Gasteiger partial charge in [-0.1, -0.05) is 67.6 Å². The van der Waals surface area contributed by atoms with Crippen LogP contribution in [-0.4, -0.2) is 24.3 Å². The number of hydrogen-bond acceptors (Lipinski definition) is 7. The summed E-state index contributed by atoms with van der Waals surface area (Å²) in [5.74, 6) is 0.304. The molecule has 0 saturated carbocycles. The summed E-state index contributed by atoms with van der Waals surface area (Å²) in [7, 11) is 1.51. The predicted molar refractivity (Wildman–Crippen MR) is 172 cm³/mol. The molecule has 0 unspecified atom stereocenters. The van der Waals surface area contributed by atoms with Crippen molar-refractivity contribution < 1.29 is 23.4 Å². The van der Waals surface area contributed by atoms with Gasteiger partial charge < -0.3 is 14.2 Å². The van der Waals surface area contributed by atoms with Gasteiger partial charge in [0.15, 0.2) is 16.3 Å². The SMILES string of the molecule is CCOC(=O)C1=C(C)N=c2s/c(=C/c3cc(Br)c(OCc4ccccc4F)c(OC)c3)c(=O)n2[C@@H]1c1ccc(C(C)C)cc1. The number of halogens is 2. The van der Waals surface area contributed by atoms with Crippen molar-refractivity contribution in [2.24, 2.45) is 4.99 Å². The van der Waals surface area contributed by atoms with Gasteiger partial charge in [0.05, 0.1) is 40.0 Å². The molecule has 7 nitrogen and oxygen atoms in total. The first-order valence-corrected chi connectivity index (χ1v) is 15.8. The lowest BCUT2D eigenvalue weighted by molar-refractivity contribution is -0.139. The highest BCUT2D eigenvalue weighted by atomic mass is 79.9. The molecule has 0 bridgehead atoms. The van der Waals surface area contributed by atoms with Gasteiger partial charge in [0.25, 0.3) is 5.56 Å². The number of thiazole rings is 1. The van der Waals surface area contributed by atoms with Crippen LogP contribution in [0.2, 0.25) is 0 Å². The smallest absolute Gasteiger partial charge is 0.338 e. The van der Waals surface area contributed by atoms with E-state index in [0.717, 1.165) is 11.1 Å². The summed E-state index contributed by atoms with van der Waals surface area (Å²) in [5, 5.41) is 0. The van der Waals surface area contributed by atoms with Gasteiger partial charge in [-0.05, 0) is 76.7 Å². The average Bonchev–Trinajstić information content (AvgIpc) is 3.30. The quantitative estimate of drug-likeness (QED) is 0.191. The highest BCUT2D eigenvalue weighted by Gasteiger charge is 2.33. The summed E-state index contributed by atoms with van der Waals surface area (Å²) in [6, 6.07) is 17.2. The summed E-state index contributed by atoms with van der Waals surface area (Å²) >= 11 is 4.79. The monoisotopic (exact) mass is 678 g/mol. The molecule has 5 rings (SSSR count). The number of nitrogens with zero attached hydrogens (tertiary/aromatic N) is 2. The maximum absolute atomic E-state index is 14.1. The van der Waals surface area contributed by atoms with Crippen LogP contribution in [0.1, 0.15) is 61.9 Å².